The van der Waals surface area contributed by atoms with Gasteiger partial charge in [0, 0.05) is 11.4 Å². The Kier molecular flexibility index (Phi) is 7.13. The minimum Gasteiger partial charge on any atom is -0.464 e. The molecule has 0 amide bonds. The predicted octanol–water partition coefficient (Wildman–Crippen LogP) is 4.07. The van der Waals surface area contributed by atoms with Crippen LogP contribution in [0.25, 0.3) is 0 Å². The topological polar surface area (TPSA) is 29.5 Å². The molecule has 1 heterocycles. The molecule has 0 saturated carbocycles. The molecular weight excluding hydrogens is 294 g/mol. The summed E-state index contributed by atoms with van der Waals surface area (Å²) in [6.07, 6.45) is 7.78. The van der Waals surface area contributed by atoms with Crippen LogP contribution < -0.4 is 0 Å². The van der Waals surface area contributed by atoms with E-state index in [9.17, 15) is 4.79 Å². The Morgan fingerprint density at radius 2 is 2.27 bits per heavy atom. The molecule has 0 aliphatic heterocycles. The fourth-order valence-corrected chi connectivity index (χ4v) is 3.88. The van der Waals surface area contributed by atoms with E-state index >= 15 is 0 Å². The number of hydrogen-bond donors (Lipinski definition) is 0. The number of likely N-dealkylation sites (N-methyl/N-ethyl adjacent to an activating group) is 1. The van der Waals surface area contributed by atoms with Crippen LogP contribution in [0.1, 0.15) is 43.9 Å². The van der Waals surface area contributed by atoms with Crippen LogP contribution in [-0.2, 0) is 9.53 Å². The van der Waals surface area contributed by atoms with E-state index in [1.54, 1.807) is 11.3 Å². The molecule has 0 N–H and O–H groups in total. The van der Waals surface area contributed by atoms with E-state index in [2.05, 4.69) is 37.0 Å². The molecule has 2 rings (SSSR count). The van der Waals surface area contributed by atoms with E-state index in [0.717, 1.165) is 43.8 Å². The quantitative estimate of drug-likeness (QED) is 0.534. The summed E-state index contributed by atoms with van der Waals surface area (Å²) in [4.78, 5) is 16.0. The number of nitrogens with zero attached hydrogens (tertiary/aromatic N) is 1. The van der Waals surface area contributed by atoms with E-state index in [0.29, 0.717) is 6.61 Å². The normalized spacial score (nSPS) is 19.3. The van der Waals surface area contributed by atoms with Gasteiger partial charge in [-0.2, -0.15) is 0 Å². The second-order valence-corrected chi connectivity index (χ2v) is 6.69. The SMILES string of the molecule is CCN(CC)CCOC(=O)[C@H](c1cccs1)[C@H]1C=CCCC1. The molecule has 0 saturated heterocycles. The van der Waals surface area contributed by atoms with E-state index in [1.165, 1.54) is 0 Å². The number of allylic oxidation sites excluding steroid dienone is 2. The minimum absolute atomic E-state index is 0.0637. The van der Waals surface area contributed by atoms with Crippen LogP contribution in [0.15, 0.2) is 29.7 Å². The van der Waals surface area contributed by atoms with Crippen LogP contribution in [0, 0.1) is 5.92 Å². The highest BCUT2D eigenvalue weighted by atomic mass is 32.1. The van der Waals surface area contributed by atoms with E-state index < -0.39 is 0 Å². The molecule has 0 radical (unpaired) electrons. The number of esters is 1. The van der Waals surface area contributed by atoms with Gasteiger partial charge in [-0.15, -0.1) is 11.3 Å². The van der Waals surface area contributed by atoms with Crippen molar-refractivity contribution in [2.75, 3.05) is 26.2 Å². The highest BCUT2D eigenvalue weighted by Gasteiger charge is 2.31. The lowest BCUT2D eigenvalue weighted by Gasteiger charge is -2.25. The van der Waals surface area contributed by atoms with Crippen LogP contribution in [0.4, 0.5) is 0 Å². The van der Waals surface area contributed by atoms with Gasteiger partial charge in [0.25, 0.3) is 0 Å². The van der Waals surface area contributed by atoms with Crippen molar-refractivity contribution < 1.29 is 9.53 Å². The molecule has 0 aromatic carbocycles. The van der Waals surface area contributed by atoms with Crippen molar-refractivity contribution in [1.29, 1.82) is 0 Å². The summed E-state index contributed by atoms with van der Waals surface area (Å²) >= 11 is 1.66. The number of carbonyl (C=O) groups excluding carboxylic acids is 1. The van der Waals surface area contributed by atoms with Gasteiger partial charge >= 0.3 is 5.97 Å². The van der Waals surface area contributed by atoms with Crippen LogP contribution in [0.5, 0.6) is 0 Å². The third kappa shape index (κ3) is 4.68. The summed E-state index contributed by atoms with van der Waals surface area (Å²) in [5.74, 6) is 0.0905. The molecule has 2 atom stereocenters. The molecule has 1 aliphatic carbocycles. The van der Waals surface area contributed by atoms with Crippen molar-refractivity contribution in [3.8, 4) is 0 Å². The van der Waals surface area contributed by atoms with Gasteiger partial charge in [0.15, 0.2) is 0 Å². The number of hydrogen-bond acceptors (Lipinski definition) is 4. The zero-order valence-electron chi connectivity index (χ0n) is 13.7. The molecule has 1 aromatic heterocycles. The lowest BCUT2D eigenvalue weighted by atomic mass is 9.83. The Morgan fingerprint density at radius 1 is 1.45 bits per heavy atom. The van der Waals surface area contributed by atoms with Crippen LogP contribution in [-0.4, -0.2) is 37.1 Å². The molecule has 4 heteroatoms. The van der Waals surface area contributed by atoms with Crippen molar-refractivity contribution in [2.24, 2.45) is 5.92 Å². The van der Waals surface area contributed by atoms with Crippen molar-refractivity contribution in [1.82, 2.24) is 4.90 Å². The Bertz CT molecular complexity index is 465. The lowest BCUT2D eigenvalue weighted by Crippen LogP contribution is -2.30. The highest BCUT2D eigenvalue weighted by Crippen LogP contribution is 2.35. The summed E-state index contributed by atoms with van der Waals surface area (Å²) < 4.78 is 5.61. The fourth-order valence-electron chi connectivity index (χ4n) is 2.99. The van der Waals surface area contributed by atoms with E-state index in [4.69, 9.17) is 4.74 Å². The molecule has 3 nitrogen and oxygen atoms in total. The third-order valence-corrected chi connectivity index (χ3v) is 5.32. The molecule has 22 heavy (non-hydrogen) atoms. The first-order valence-electron chi connectivity index (χ1n) is 8.35. The Hall–Kier alpha value is -1.13. The zero-order valence-corrected chi connectivity index (χ0v) is 14.5. The summed E-state index contributed by atoms with van der Waals surface area (Å²) in [7, 11) is 0. The molecular formula is C18H27NO2S. The predicted molar refractivity (Wildman–Crippen MR) is 92.3 cm³/mol. The third-order valence-electron chi connectivity index (χ3n) is 4.37. The molecule has 0 spiro atoms. The maximum atomic E-state index is 12.6. The number of carbonyl (C=O) groups is 1. The number of thiophene rings is 1. The molecule has 0 bridgehead atoms. The summed E-state index contributed by atoms with van der Waals surface area (Å²) in [5.41, 5.74) is 0. The lowest BCUT2D eigenvalue weighted by molar-refractivity contribution is -0.147. The van der Waals surface area contributed by atoms with Crippen molar-refractivity contribution in [3.05, 3.63) is 34.5 Å². The second-order valence-electron chi connectivity index (χ2n) is 5.71. The van der Waals surface area contributed by atoms with Crippen molar-refractivity contribution in [3.63, 3.8) is 0 Å². The Labute approximate surface area is 138 Å². The maximum absolute atomic E-state index is 12.6. The number of ether oxygens (including phenoxy) is 1. The van der Waals surface area contributed by atoms with Gasteiger partial charge in [0.2, 0.25) is 0 Å². The van der Waals surface area contributed by atoms with Gasteiger partial charge in [-0.1, -0.05) is 32.1 Å². The van der Waals surface area contributed by atoms with Gasteiger partial charge in [-0.3, -0.25) is 4.79 Å². The van der Waals surface area contributed by atoms with Gasteiger partial charge in [-0.25, -0.2) is 0 Å². The Balaban J connectivity index is 1.97. The smallest absolute Gasteiger partial charge is 0.314 e. The summed E-state index contributed by atoms with van der Waals surface area (Å²) in [6, 6.07) is 4.08. The van der Waals surface area contributed by atoms with Crippen LogP contribution in [0.3, 0.4) is 0 Å². The summed E-state index contributed by atoms with van der Waals surface area (Å²) in [6.45, 7) is 7.55. The second kappa shape index (κ2) is 9.11. The minimum atomic E-state index is -0.131. The average Bonchev–Trinajstić information content (AvgIpc) is 3.07. The van der Waals surface area contributed by atoms with E-state index in [1.807, 2.05) is 11.4 Å². The molecule has 0 fully saturated rings. The van der Waals surface area contributed by atoms with Crippen LogP contribution >= 0.6 is 11.3 Å². The van der Waals surface area contributed by atoms with Crippen LogP contribution in [0.2, 0.25) is 0 Å². The fraction of sp³-hybridized carbons (Fsp3) is 0.611. The van der Waals surface area contributed by atoms with Crippen molar-refractivity contribution in [2.45, 2.75) is 39.0 Å². The average molecular weight is 321 g/mol. The monoisotopic (exact) mass is 321 g/mol. The van der Waals surface area contributed by atoms with Gasteiger partial charge in [0.1, 0.15) is 6.61 Å². The largest absolute Gasteiger partial charge is 0.464 e. The first-order chi connectivity index (χ1) is 10.8. The molecule has 0 unspecified atom stereocenters. The van der Waals surface area contributed by atoms with E-state index in [-0.39, 0.29) is 17.8 Å². The standard InChI is InChI=1S/C18H27NO2S/c1-3-19(4-2)12-13-21-18(20)17(16-11-8-14-22-16)15-9-6-5-7-10-15/h6,8-9,11,14-15,17H,3-5,7,10,12-13H2,1-2H3/t15-,17-/m0/s1. The molecule has 1 aliphatic rings. The first kappa shape index (κ1) is 17.2. The molecule has 1 aromatic rings. The highest BCUT2D eigenvalue weighted by molar-refractivity contribution is 7.10. The zero-order chi connectivity index (χ0) is 15.8. The number of rotatable bonds is 8. The van der Waals surface area contributed by atoms with Gasteiger partial charge < -0.3 is 9.64 Å². The molecule has 122 valence electrons. The first-order valence-corrected chi connectivity index (χ1v) is 9.23. The van der Waals surface area contributed by atoms with Gasteiger partial charge in [-0.05, 0) is 49.7 Å². The summed E-state index contributed by atoms with van der Waals surface area (Å²) in [5, 5.41) is 2.04. The van der Waals surface area contributed by atoms with Gasteiger partial charge in [0.05, 0.1) is 5.92 Å². The Morgan fingerprint density at radius 3 is 2.86 bits per heavy atom. The van der Waals surface area contributed by atoms with Crippen molar-refractivity contribution >= 4 is 17.3 Å². The maximum Gasteiger partial charge on any atom is 0.314 e.